The summed E-state index contributed by atoms with van der Waals surface area (Å²) in [6, 6.07) is 7.78. The molecule has 0 aliphatic carbocycles. The molecule has 0 N–H and O–H groups in total. The van der Waals surface area contributed by atoms with Crippen LogP contribution in [0.2, 0.25) is 0 Å². The number of benzene rings is 1. The van der Waals surface area contributed by atoms with Crippen molar-refractivity contribution in [1.82, 2.24) is 0 Å². The van der Waals surface area contributed by atoms with Crippen molar-refractivity contribution in [1.29, 1.82) is 0 Å². The average Bonchev–Trinajstić information content (AvgIpc) is 2.49. The van der Waals surface area contributed by atoms with E-state index < -0.39 is 0 Å². The van der Waals surface area contributed by atoms with Gasteiger partial charge < -0.3 is 9.47 Å². The smallest absolute Gasteiger partial charge is 0.306 e. The van der Waals surface area contributed by atoms with Crippen molar-refractivity contribution < 1.29 is 19.1 Å². The zero-order chi connectivity index (χ0) is 15.5. The molecule has 4 nitrogen and oxygen atoms in total. The lowest BCUT2D eigenvalue weighted by molar-refractivity contribution is -0.151. The van der Waals surface area contributed by atoms with Crippen LogP contribution in [0.5, 0.6) is 0 Å². The van der Waals surface area contributed by atoms with E-state index in [-0.39, 0.29) is 31.4 Å². The van der Waals surface area contributed by atoms with Crippen LogP contribution in [-0.4, -0.2) is 18.5 Å². The lowest BCUT2D eigenvalue weighted by atomic mass is 10.2. The van der Waals surface area contributed by atoms with E-state index in [0.29, 0.717) is 6.61 Å². The Balaban J connectivity index is 2.13. The molecule has 0 heterocycles. The molecule has 0 bridgehead atoms. The topological polar surface area (TPSA) is 52.6 Å². The Morgan fingerprint density at radius 1 is 0.952 bits per heavy atom. The van der Waals surface area contributed by atoms with Gasteiger partial charge in [-0.1, -0.05) is 49.6 Å². The minimum absolute atomic E-state index is 0.0679. The molecule has 0 saturated carbocycles. The molecule has 1 aromatic rings. The van der Waals surface area contributed by atoms with Gasteiger partial charge >= 0.3 is 11.9 Å². The number of ether oxygens (including phenoxy) is 2. The third-order valence-corrected chi connectivity index (χ3v) is 3.06. The summed E-state index contributed by atoms with van der Waals surface area (Å²) in [6.45, 7) is 4.77. The van der Waals surface area contributed by atoms with E-state index in [1.807, 2.05) is 31.2 Å². The third-order valence-electron chi connectivity index (χ3n) is 3.06. The van der Waals surface area contributed by atoms with E-state index in [1.165, 1.54) is 0 Å². The second kappa shape index (κ2) is 9.97. The van der Waals surface area contributed by atoms with E-state index in [0.717, 1.165) is 30.4 Å². The van der Waals surface area contributed by atoms with Gasteiger partial charge in [0.15, 0.2) is 0 Å². The van der Waals surface area contributed by atoms with Gasteiger partial charge in [0.1, 0.15) is 6.61 Å². The number of esters is 2. The summed E-state index contributed by atoms with van der Waals surface area (Å²) in [4.78, 5) is 22.9. The van der Waals surface area contributed by atoms with Crippen molar-refractivity contribution >= 4 is 11.9 Å². The monoisotopic (exact) mass is 292 g/mol. The average molecular weight is 292 g/mol. The number of unbranched alkanes of at least 4 members (excludes halogenated alkanes) is 2. The van der Waals surface area contributed by atoms with Gasteiger partial charge in [-0.3, -0.25) is 9.59 Å². The van der Waals surface area contributed by atoms with Crippen LogP contribution in [0.4, 0.5) is 0 Å². The van der Waals surface area contributed by atoms with Crippen molar-refractivity contribution in [3.05, 3.63) is 35.4 Å². The third kappa shape index (κ3) is 8.12. The van der Waals surface area contributed by atoms with Crippen LogP contribution >= 0.6 is 0 Å². The Hall–Kier alpha value is -1.84. The van der Waals surface area contributed by atoms with Crippen LogP contribution in [0, 0.1) is 6.92 Å². The van der Waals surface area contributed by atoms with Crippen molar-refractivity contribution in [2.45, 2.75) is 52.6 Å². The Labute approximate surface area is 126 Å². The fourth-order valence-electron chi connectivity index (χ4n) is 1.73. The van der Waals surface area contributed by atoms with Gasteiger partial charge in [-0.05, 0) is 18.9 Å². The van der Waals surface area contributed by atoms with Crippen LogP contribution in [-0.2, 0) is 25.7 Å². The molecule has 4 heteroatoms. The van der Waals surface area contributed by atoms with Crippen LogP contribution in [0.15, 0.2) is 24.3 Å². The normalized spacial score (nSPS) is 10.2. The Morgan fingerprint density at radius 2 is 1.57 bits per heavy atom. The Morgan fingerprint density at radius 3 is 2.19 bits per heavy atom. The molecule has 0 aliphatic heterocycles. The standard InChI is InChI=1S/C17H24O4/c1-3-4-5-12-20-16(18)10-11-17(19)21-13-15-8-6-14(2)7-9-15/h6-9H,3-5,10-13H2,1-2H3. The molecule has 0 atom stereocenters. The lowest BCUT2D eigenvalue weighted by Crippen LogP contribution is -2.11. The molecule has 0 radical (unpaired) electrons. The largest absolute Gasteiger partial charge is 0.466 e. The maximum atomic E-state index is 11.5. The molecule has 0 spiro atoms. The molecular weight excluding hydrogens is 268 g/mol. The number of hydrogen-bond acceptors (Lipinski definition) is 4. The van der Waals surface area contributed by atoms with Gasteiger partial charge in [-0.15, -0.1) is 0 Å². The van der Waals surface area contributed by atoms with Gasteiger partial charge in [0.2, 0.25) is 0 Å². The molecular formula is C17H24O4. The number of rotatable bonds is 9. The maximum absolute atomic E-state index is 11.5. The summed E-state index contributed by atoms with van der Waals surface area (Å²) in [5.41, 5.74) is 2.10. The van der Waals surface area contributed by atoms with E-state index in [2.05, 4.69) is 6.92 Å². The highest BCUT2D eigenvalue weighted by molar-refractivity contribution is 5.77. The number of aryl methyl sites for hydroxylation is 1. The first kappa shape index (κ1) is 17.2. The molecule has 1 rings (SSSR count). The molecule has 0 saturated heterocycles. The minimum Gasteiger partial charge on any atom is -0.466 e. The Bertz CT molecular complexity index is 437. The highest BCUT2D eigenvalue weighted by Crippen LogP contribution is 2.06. The first-order chi connectivity index (χ1) is 10.1. The molecule has 0 fully saturated rings. The van der Waals surface area contributed by atoms with Crippen molar-refractivity contribution in [2.75, 3.05) is 6.61 Å². The van der Waals surface area contributed by atoms with Gasteiger partial charge in [-0.2, -0.15) is 0 Å². The second-order valence-corrected chi connectivity index (χ2v) is 5.07. The number of hydrogen-bond donors (Lipinski definition) is 0. The van der Waals surface area contributed by atoms with Gasteiger partial charge in [0.25, 0.3) is 0 Å². The molecule has 1 aromatic carbocycles. The fraction of sp³-hybridized carbons (Fsp3) is 0.529. The molecule has 116 valence electrons. The van der Waals surface area contributed by atoms with Crippen LogP contribution in [0.1, 0.15) is 50.2 Å². The first-order valence-corrected chi connectivity index (χ1v) is 7.48. The molecule has 21 heavy (non-hydrogen) atoms. The summed E-state index contributed by atoms with van der Waals surface area (Å²) in [6.07, 6.45) is 3.16. The zero-order valence-corrected chi connectivity index (χ0v) is 12.9. The summed E-state index contributed by atoms with van der Waals surface area (Å²) in [5.74, 6) is -0.709. The van der Waals surface area contributed by atoms with Crippen LogP contribution in [0.3, 0.4) is 0 Å². The van der Waals surface area contributed by atoms with Gasteiger partial charge in [-0.25, -0.2) is 0 Å². The van der Waals surface area contributed by atoms with Crippen LogP contribution in [0.25, 0.3) is 0 Å². The maximum Gasteiger partial charge on any atom is 0.306 e. The number of carbonyl (C=O) groups excluding carboxylic acids is 2. The first-order valence-electron chi connectivity index (χ1n) is 7.48. The van der Waals surface area contributed by atoms with E-state index in [4.69, 9.17) is 9.47 Å². The second-order valence-electron chi connectivity index (χ2n) is 5.07. The SMILES string of the molecule is CCCCCOC(=O)CCC(=O)OCc1ccc(C)cc1. The van der Waals surface area contributed by atoms with Crippen molar-refractivity contribution in [3.8, 4) is 0 Å². The zero-order valence-electron chi connectivity index (χ0n) is 12.9. The highest BCUT2D eigenvalue weighted by atomic mass is 16.5. The predicted molar refractivity (Wildman–Crippen MR) is 80.7 cm³/mol. The summed E-state index contributed by atoms with van der Waals surface area (Å²) < 4.78 is 10.1. The molecule has 0 aliphatic rings. The van der Waals surface area contributed by atoms with E-state index in [1.54, 1.807) is 0 Å². The lowest BCUT2D eigenvalue weighted by Gasteiger charge is -2.06. The van der Waals surface area contributed by atoms with Gasteiger partial charge in [0.05, 0.1) is 19.4 Å². The highest BCUT2D eigenvalue weighted by Gasteiger charge is 2.09. The summed E-state index contributed by atoms with van der Waals surface area (Å²) >= 11 is 0. The summed E-state index contributed by atoms with van der Waals surface area (Å²) in [5, 5.41) is 0. The molecule has 0 amide bonds. The minimum atomic E-state index is -0.374. The number of carbonyl (C=O) groups is 2. The van der Waals surface area contributed by atoms with E-state index >= 15 is 0 Å². The summed E-state index contributed by atoms with van der Waals surface area (Å²) in [7, 11) is 0. The van der Waals surface area contributed by atoms with Crippen molar-refractivity contribution in [2.24, 2.45) is 0 Å². The van der Waals surface area contributed by atoms with E-state index in [9.17, 15) is 9.59 Å². The molecule has 0 aromatic heterocycles. The predicted octanol–water partition coefficient (Wildman–Crippen LogP) is 3.55. The fourth-order valence-corrected chi connectivity index (χ4v) is 1.73. The van der Waals surface area contributed by atoms with Gasteiger partial charge in [0, 0.05) is 0 Å². The van der Waals surface area contributed by atoms with Crippen LogP contribution < -0.4 is 0 Å². The quantitative estimate of drug-likeness (QED) is 0.516. The molecule has 0 unspecified atom stereocenters. The Kier molecular flexibility index (Phi) is 8.17. The van der Waals surface area contributed by atoms with Crippen molar-refractivity contribution in [3.63, 3.8) is 0 Å².